The Bertz CT molecular complexity index is 831. The van der Waals surface area contributed by atoms with Gasteiger partial charge in [0.15, 0.2) is 5.82 Å². The van der Waals surface area contributed by atoms with Crippen LogP contribution < -0.4 is 15.7 Å². The van der Waals surface area contributed by atoms with Crippen molar-refractivity contribution in [2.24, 2.45) is 0 Å². The number of urea groups is 1. The molecule has 0 fully saturated rings. The molecule has 1 aliphatic heterocycles. The van der Waals surface area contributed by atoms with Crippen LogP contribution in [0.4, 0.5) is 20.6 Å². The first-order valence-corrected chi connectivity index (χ1v) is 7.72. The number of hydrogen-bond donors (Lipinski definition) is 4. The molecular weight excluding hydrogens is 399 g/mol. The van der Waals surface area contributed by atoms with Gasteiger partial charge in [-0.2, -0.15) is 5.06 Å². The maximum atomic E-state index is 13.3. The van der Waals surface area contributed by atoms with Gasteiger partial charge in [0, 0.05) is 5.69 Å². The third-order valence-corrected chi connectivity index (χ3v) is 3.74. The molecule has 8 nitrogen and oxygen atoms in total. The summed E-state index contributed by atoms with van der Waals surface area (Å²) >= 11 is 3.05. The van der Waals surface area contributed by atoms with Crippen LogP contribution in [-0.4, -0.2) is 21.6 Å². The van der Waals surface area contributed by atoms with E-state index in [0.29, 0.717) is 16.6 Å². The first-order chi connectivity index (χ1) is 11.9. The fourth-order valence-electron chi connectivity index (χ4n) is 1.96. The number of phenolic OH excluding ortho intramolecular Hbond substituents is 1. The Labute approximate surface area is 149 Å². The van der Waals surface area contributed by atoms with Crippen LogP contribution in [0.5, 0.6) is 5.75 Å². The second kappa shape index (κ2) is 6.97. The van der Waals surface area contributed by atoms with E-state index in [1.54, 1.807) is 0 Å². The third-order valence-electron chi connectivity index (χ3n) is 3.14. The number of halogens is 2. The molecule has 0 spiro atoms. The SMILES string of the molecule is O=C(NC1=CN(c2ccc(F)c(Br)c2)ON1O)Nc1ccc(O)cc1. The van der Waals surface area contributed by atoms with E-state index in [9.17, 15) is 19.5 Å². The second-order valence-corrected chi connectivity index (χ2v) is 5.77. The lowest BCUT2D eigenvalue weighted by molar-refractivity contribution is -0.305. The van der Waals surface area contributed by atoms with Gasteiger partial charge >= 0.3 is 6.03 Å². The third kappa shape index (κ3) is 3.99. The van der Waals surface area contributed by atoms with Crippen molar-refractivity contribution in [1.29, 1.82) is 0 Å². The Morgan fingerprint density at radius 2 is 1.88 bits per heavy atom. The van der Waals surface area contributed by atoms with Crippen LogP contribution in [0, 0.1) is 5.82 Å². The first kappa shape index (κ1) is 17.0. The molecule has 130 valence electrons. The zero-order valence-corrected chi connectivity index (χ0v) is 14.1. The summed E-state index contributed by atoms with van der Waals surface area (Å²) in [6.45, 7) is 0. The summed E-state index contributed by atoms with van der Waals surface area (Å²) in [6.07, 6.45) is 1.30. The van der Waals surface area contributed by atoms with Crippen molar-refractivity contribution in [3.8, 4) is 5.75 Å². The van der Waals surface area contributed by atoms with E-state index in [-0.39, 0.29) is 16.0 Å². The Hall–Kier alpha value is -2.82. The highest BCUT2D eigenvalue weighted by atomic mass is 79.9. The predicted octanol–water partition coefficient (Wildman–Crippen LogP) is 3.27. The molecule has 0 atom stereocenters. The average Bonchev–Trinajstić information content (AvgIpc) is 2.93. The predicted molar refractivity (Wildman–Crippen MR) is 89.6 cm³/mol. The van der Waals surface area contributed by atoms with Crippen molar-refractivity contribution in [2.45, 2.75) is 0 Å². The summed E-state index contributed by atoms with van der Waals surface area (Å²) in [4.78, 5) is 17.0. The molecule has 4 N–H and O–H groups in total. The number of carbonyl (C=O) groups is 1. The number of nitrogens with zero attached hydrogens (tertiary/aromatic N) is 2. The number of phenols is 1. The Morgan fingerprint density at radius 3 is 2.56 bits per heavy atom. The molecule has 0 radical (unpaired) electrons. The summed E-state index contributed by atoms with van der Waals surface area (Å²) in [6, 6.07) is 9.31. The number of benzene rings is 2. The molecule has 0 saturated carbocycles. The van der Waals surface area contributed by atoms with Crippen molar-refractivity contribution in [1.82, 2.24) is 10.5 Å². The largest absolute Gasteiger partial charge is 0.508 e. The molecule has 0 bridgehead atoms. The van der Waals surface area contributed by atoms with Crippen LogP contribution in [0.2, 0.25) is 0 Å². The minimum atomic E-state index is -0.637. The Morgan fingerprint density at radius 1 is 1.16 bits per heavy atom. The summed E-state index contributed by atoms with van der Waals surface area (Å²) in [5, 5.41) is 25.3. The highest BCUT2D eigenvalue weighted by molar-refractivity contribution is 9.10. The lowest BCUT2D eigenvalue weighted by Crippen LogP contribution is -2.33. The van der Waals surface area contributed by atoms with Gasteiger partial charge in [-0.15, -0.1) is 4.94 Å². The summed E-state index contributed by atoms with van der Waals surface area (Å²) in [7, 11) is 0. The minimum Gasteiger partial charge on any atom is -0.508 e. The first-order valence-electron chi connectivity index (χ1n) is 6.92. The van der Waals surface area contributed by atoms with Crippen LogP contribution in [0.3, 0.4) is 0 Å². The smallest absolute Gasteiger partial charge is 0.324 e. The molecule has 3 rings (SSSR count). The molecule has 2 aromatic carbocycles. The van der Waals surface area contributed by atoms with E-state index in [4.69, 9.17) is 4.94 Å². The van der Waals surface area contributed by atoms with Crippen molar-refractivity contribution in [3.05, 3.63) is 64.8 Å². The normalized spacial score (nSPS) is 13.6. The number of aromatic hydroxyl groups is 1. The molecule has 10 heteroatoms. The number of rotatable bonds is 3. The molecule has 1 heterocycles. The van der Waals surface area contributed by atoms with Gasteiger partial charge in [-0.05, 0) is 58.4 Å². The monoisotopic (exact) mass is 410 g/mol. The standard InChI is InChI=1S/C15H12BrFN4O4/c16-12-7-10(3-6-13(12)17)20-8-14(21(24)25-20)19-15(23)18-9-1-4-11(22)5-2-9/h1-8,22,24H,(H2,18,19,23). The van der Waals surface area contributed by atoms with Gasteiger partial charge in [0.25, 0.3) is 0 Å². The number of amides is 2. The average molecular weight is 411 g/mol. The number of hydroxylamine groups is 3. The quantitative estimate of drug-likeness (QED) is 0.579. The fraction of sp³-hybridized carbons (Fsp3) is 0. The second-order valence-electron chi connectivity index (χ2n) is 4.92. The van der Waals surface area contributed by atoms with Gasteiger partial charge in [-0.25, -0.2) is 9.18 Å². The zero-order chi connectivity index (χ0) is 18.0. The van der Waals surface area contributed by atoms with Gasteiger partial charge in [-0.1, -0.05) is 5.23 Å². The Kier molecular flexibility index (Phi) is 4.74. The molecule has 25 heavy (non-hydrogen) atoms. The van der Waals surface area contributed by atoms with Crippen molar-refractivity contribution in [3.63, 3.8) is 0 Å². The molecule has 2 amide bonds. The number of anilines is 2. The van der Waals surface area contributed by atoms with Gasteiger partial charge in [0.1, 0.15) is 11.6 Å². The van der Waals surface area contributed by atoms with Gasteiger partial charge in [-0.3, -0.25) is 10.5 Å². The van der Waals surface area contributed by atoms with E-state index in [1.807, 2.05) is 0 Å². The Balaban J connectivity index is 1.67. The topological polar surface area (TPSA) is 97.3 Å². The molecular formula is C15H12BrFN4O4. The van der Waals surface area contributed by atoms with Crippen molar-refractivity contribution < 1.29 is 24.4 Å². The van der Waals surface area contributed by atoms with Crippen LogP contribution in [0.1, 0.15) is 0 Å². The molecule has 0 aliphatic carbocycles. The molecule has 0 saturated heterocycles. The van der Waals surface area contributed by atoms with Crippen LogP contribution in [0.15, 0.2) is 59.0 Å². The summed E-state index contributed by atoms with van der Waals surface area (Å²) < 4.78 is 13.5. The number of hydrogen-bond acceptors (Lipinski definition) is 6. The lowest BCUT2D eigenvalue weighted by Gasteiger charge is -2.16. The highest BCUT2D eigenvalue weighted by Gasteiger charge is 2.24. The van der Waals surface area contributed by atoms with Crippen LogP contribution in [-0.2, 0) is 4.94 Å². The van der Waals surface area contributed by atoms with Gasteiger partial charge in [0.2, 0.25) is 0 Å². The lowest BCUT2D eigenvalue weighted by atomic mass is 10.3. The van der Waals surface area contributed by atoms with E-state index < -0.39 is 11.8 Å². The van der Waals surface area contributed by atoms with E-state index in [1.165, 1.54) is 48.7 Å². The molecule has 2 aromatic rings. The van der Waals surface area contributed by atoms with E-state index in [0.717, 1.165) is 5.06 Å². The highest BCUT2D eigenvalue weighted by Crippen LogP contribution is 2.27. The van der Waals surface area contributed by atoms with Crippen LogP contribution in [0.25, 0.3) is 0 Å². The maximum Gasteiger partial charge on any atom is 0.324 e. The minimum absolute atomic E-state index is 0.0586. The summed E-state index contributed by atoms with van der Waals surface area (Å²) in [5.74, 6) is -0.434. The molecule has 0 unspecified atom stereocenters. The van der Waals surface area contributed by atoms with Crippen LogP contribution >= 0.6 is 15.9 Å². The van der Waals surface area contributed by atoms with E-state index in [2.05, 4.69) is 26.6 Å². The number of carbonyl (C=O) groups excluding carboxylic acids is 1. The van der Waals surface area contributed by atoms with Crippen molar-refractivity contribution >= 4 is 33.3 Å². The molecule has 1 aliphatic rings. The maximum absolute atomic E-state index is 13.3. The van der Waals surface area contributed by atoms with Gasteiger partial charge in [0.05, 0.1) is 16.4 Å². The number of nitrogens with one attached hydrogen (secondary N) is 2. The fourth-order valence-corrected chi connectivity index (χ4v) is 2.33. The zero-order valence-electron chi connectivity index (χ0n) is 12.5. The molecule has 0 aromatic heterocycles. The van der Waals surface area contributed by atoms with Gasteiger partial charge < -0.3 is 10.4 Å². The van der Waals surface area contributed by atoms with E-state index >= 15 is 0 Å². The van der Waals surface area contributed by atoms with Crippen molar-refractivity contribution in [2.75, 3.05) is 10.4 Å². The summed E-state index contributed by atoms with van der Waals surface area (Å²) in [5.41, 5.74) is 0.863.